The van der Waals surface area contributed by atoms with Crippen LogP contribution in [0.2, 0.25) is 0 Å². The lowest BCUT2D eigenvalue weighted by atomic mass is 10.1. The minimum Gasteiger partial charge on any atom is -0.347 e. The summed E-state index contributed by atoms with van der Waals surface area (Å²) in [5.41, 5.74) is 0.489. The molecule has 82 valence electrons. The Balaban J connectivity index is 1.91. The molecule has 1 aliphatic rings. The summed E-state index contributed by atoms with van der Waals surface area (Å²) in [7, 11) is 1.80. The highest BCUT2D eigenvalue weighted by molar-refractivity contribution is 5.92. The molecular formula is C10H16N4O. The van der Waals surface area contributed by atoms with Crippen LogP contribution in [-0.4, -0.2) is 34.8 Å². The summed E-state index contributed by atoms with van der Waals surface area (Å²) in [6.45, 7) is 1.91. The molecule has 5 nitrogen and oxygen atoms in total. The summed E-state index contributed by atoms with van der Waals surface area (Å²) in [4.78, 5) is 11.7. The van der Waals surface area contributed by atoms with Gasteiger partial charge in [0.15, 0.2) is 0 Å². The molecule has 2 N–H and O–H groups in total. The average Bonchev–Trinajstić information content (AvgIpc) is 2.66. The van der Waals surface area contributed by atoms with Crippen LogP contribution in [0.3, 0.4) is 0 Å². The van der Waals surface area contributed by atoms with Gasteiger partial charge in [0.05, 0.1) is 0 Å². The Kier molecular flexibility index (Phi) is 3.01. The van der Waals surface area contributed by atoms with Gasteiger partial charge in [0.2, 0.25) is 0 Å². The Labute approximate surface area is 88.8 Å². The van der Waals surface area contributed by atoms with Crippen LogP contribution in [0.15, 0.2) is 12.3 Å². The Morgan fingerprint density at radius 3 is 3.20 bits per heavy atom. The number of rotatable bonds is 2. The number of hydrogen-bond acceptors (Lipinski definition) is 3. The van der Waals surface area contributed by atoms with Crippen molar-refractivity contribution >= 4 is 5.91 Å². The highest BCUT2D eigenvalue weighted by atomic mass is 16.2. The summed E-state index contributed by atoms with van der Waals surface area (Å²) >= 11 is 0. The number of nitrogens with zero attached hydrogens (tertiary/aromatic N) is 2. The van der Waals surface area contributed by atoms with Crippen LogP contribution in [0.5, 0.6) is 0 Å². The van der Waals surface area contributed by atoms with Crippen molar-refractivity contribution in [1.82, 2.24) is 20.4 Å². The van der Waals surface area contributed by atoms with E-state index < -0.39 is 0 Å². The lowest BCUT2D eigenvalue weighted by Crippen LogP contribution is -2.45. The molecule has 1 saturated heterocycles. The van der Waals surface area contributed by atoms with Crippen molar-refractivity contribution in [2.75, 3.05) is 13.1 Å². The summed E-state index contributed by atoms with van der Waals surface area (Å²) in [6, 6.07) is 1.97. The number of nitrogens with one attached hydrogen (secondary N) is 2. The van der Waals surface area contributed by atoms with Crippen LogP contribution in [-0.2, 0) is 7.05 Å². The Morgan fingerprint density at radius 2 is 2.60 bits per heavy atom. The molecule has 0 bridgehead atoms. The molecule has 1 aliphatic heterocycles. The van der Waals surface area contributed by atoms with Gasteiger partial charge in [-0.1, -0.05) is 0 Å². The number of carbonyl (C=O) groups is 1. The molecule has 15 heavy (non-hydrogen) atoms. The predicted octanol–water partition coefficient (Wildman–Crippen LogP) is -0.0981. The summed E-state index contributed by atoms with van der Waals surface area (Å²) in [5.74, 6) is -0.0794. The molecule has 2 heterocycles. The molecule has 0 spiro atoms. The van der Waals surface area contributed by atoms with E-state index in [1.54, 1.807) is 24.0 Å². The molecule has 1 amide bonds. The largest absolute Gasteiger partial charge is 0.347 e. The third-order valence-electron chi connectivity index (χ3n) is 2.58. The quantitative estimate of drug-likeness (QED) is 0.713. The van der Waals surface area contributed by atoms with E-state index >= 15 is 0 Å². The fraction of sp³-hybridized carbons (Fsp3) is 0.600. The smallest absolute Gasteiger partial charge is 0.272 e. The van der Waals surface area contributed by atoms with Crippen molar-refractivity contribution in [3.05, 3.63) is 18.0 Å². The average molecular weight is 208 g/mol. The highest BCUT2D eigenvalue weighted by Crippen LogP contribution is 2.02. The van der Waals surface area contributed by atoms with Crippen molar-refractivity contribution in [2.24, 2.45) is 7.05 Å². The van der Waals surface area contributed by atoms with E-state index in [1.807, 2.05) is 0 Å². The van der Waals surface area contributed by atoms with Crippen LogP contribution >= 0.6 is 0 Å². The van der Waals surface area contributed by atoms with Gasteiger partial charge in [-0.3, -0.25) is 9.48 Å². The first-order valence-corrected chi connectivity index (χ1v) is 5.27. The fourth-order valence-corrected chi connectivity index (χ4v) is 1.77. The van der Waals surface area contributed by atoms with E-state index in [2.05, 4.69) is 15.7 Å². The topological polar surface area (TPSA) is 59.0 Å². The van der Waals surface area contributed by atoms with Crippen LogP contribution in [0.4, 0.5) is 0 Å². The Morgan fingerprint density at radius 1 is 1.73 bits per heavy atom. The zero-order chi connectivity index (χ0) is 10.7. The molecule has 0 saturated carbocycles. The second-order valence-electron chi connectivity index (χ2n) is 3.89. The molecule has 0 radical (unpaired) electrons. The lowest BCUT2D eigenvalue weighted by molar-refractivity contribution is 0.0925. The van der Waals surface area contributed by atoms with E-state index in [9.17, 15) is 4.79 Å². The zero-order valence-corrected chi connectivity index (χ0v) is 8.86. The summed E-state index contributed by atoms with van der Waals surface area (Å²) < 4.78 is 1.63. The van der Waals surface area contributed by atoms with Gasteiger partial charge in [-0.05, 0) is 25.5 Å². The van der Waals surface area contributed by atoms with E-state index in [1.165, 1.54) is 0 Å². The fourth-order valence-electron chi connectivity index (χ4n) is 1.77. The number of amides is 1. The van der Waals surface area contributed by atoms with Gasteiger partial charge in [-0.15, -0.1) is 0 Å². The first kappa shape index (κ1) is 10.2. The van der Waals surface area contributed by atoms with E-state index in [0.717, 1.165) is 25.9 Å². The molecule has 1 atom stereocenters. The van der Waals surface area contributed by atoms with Crippen molar-refractivity contribution in [1.29, 1.82) is 0 Å². The van der Waals surface area contributed by atoms with Crippen LogP contribution < -0.4 is 10.6 Å². The number of carbonyl (C=O) groups excluding carboxylic acids is 1. The molecule has 1 unspecified atom stereocenters. The highest BCUT2D eigenvalue weighted by Gasteiger charge is 2.17. The van der Waals surface area contributed by atoms with Gasteiger partial charge in [-0.25, -0.2) is 0 Å². The number of aryl methyl sites for hydroxylation is 1. The van der Waals surface area contributed by atoms with E-state index in [4.69, 9.17) is 0 Å². The molecule has 1 aromatic heterocycles. The van der Waals surface area contributed by atoms with Gasteiger partial charge >= 0.3 is 0 Å². The maximum atomic E-state index is 11.7. The number of aromatic nitrogens is 2. The molecule has 2 rings (SSSR count). The van der Waals surface area contributed by atoms with Gasteiger partial charge < -0.3 is 10.6 Å². The summed E-state index contributed by atoms with van der Waals surface area (Å²) in [5, 5.41) is 10.3. The predicted molar refractivity (Wildman–Crippen MR) is 56.6 cm³/mol. The molecule has 0 aliphatic carbocycles. The molecule has 1 fully saturated rings. The molecule has 1 aromatic rings. The third-order valence-corrected chi connectivity index (χ3v) is 2.58. The van der Waals surface area contributed by atoms with Gasteiger partial charge in [0.1, 0.15) is 5.69 Å². The first-order valence-electron chi connectivity index (χ1n) is 5.27. The second kappa shape index (κ2) is 4.44. The lowest BCUT2D eigenvalue weighted by Gasteiger charge is -2.23. The van der Waals surface area contributed by atoms with Gasteiger partial charge in [-0.2, -0.15) is 5.10 Å². The minimum absolute atomic E-state index is 0.0794. The third kappa shape index (κ3) is 2.56. The molecule has 0 aromatic carbocycles. The van der Waals surface area contributed by atoms with Crippen LogP contribution in [0.25, 0.3) is 0 Å². The second-order valence-corrected chi connectivity index (χ2v) is 3.89. The standard InChI is InChI=1S/C10H16N4O/c1-14-6-4-9(13-14)10(15)12-8-3-2-5-11-7-8/h4,6,8,11H,2-3,5,7H2,1H3,(H,12,15). The van der Waals surface area contributed by atoms with Crippen molar-refractivity contribution in [2.45, 2.75) is 18.9 Å². The maximum absolute atomic E-state index is 11.7. The Hall–Kier alpha value is -1.36. The Bertz CT molecular complexity index is 341. The maximum Gasteiger partial charge on any atom is 0.272 e. The summed E-state index contributed by atoms with van der Waals surface area (Å²) in [6.07, 6.45) is 3.94. The first-order chi connectivity index (χ1) is 7.25. The van der Waals surface area contributed by atoms with E-state index in [-0.39, 0.29) is 11.9 Å². The minimum atomic E-state index is -0.0794. The number of hydrogen-bond donors (Lipinski definition) is 2. The zero-order valence-electron chi connectivity index (χ0n) is 8.86. The molecular weight excluding hydrogens is 192 g/mol. The van der Waals surface area contributed by atoms with Crippen molar-refractivity contribution < 1.29 is 4.79 Å². The van der Waals surface area contributed by atoms with Gasteiger partial charge in [0.25, 0.3) is 5.91 Å². The van der Waals surface area contributed by atoms with Crippen molar-refractivity contribution in [3.8, 4) is 0 Å². The van der Waals surface area contributed by atoms with Crippen LogP contribution in [0, 0.1) is 0 Å². The normalized spacial score (nSPS) is 21.3. The van der Waals surface area contributed by atoms with E-state index in [0.29, 0.717) is 5.69 Å². The van der Waals surface area contributed by atoms with Crippen LogP contribution in [0.1, 0.15) is 23.3 Å². The van der Waals surface area contributed by atoms with Crippen molar-refractivity contribution in [3.63, 3.8) is 0 Å². The SMILES string of the molecule is Cn1ccc(C(=O)NC2CCCNC2)n1. The molecule has 5 heteroatoms. The monoisotopic (exact) mass is 208 g/mol. The van der Waals surface area contributed by atoms with Gasteiger partial charge in [0, 0.05) is 25.8 Å². The number of piperidine rings is 1.